The van der Waals surface area contributed by atoms with Crippen LogP contribution in [0.2, 0.25) is 0 Å². The SMILES string of the molecule is COC(=O)c1ccc(COC(=O)/C=C/c2cccc(OC)c2)cc1. The molecule has 0 fully saturated rings. The van der Waals surface area contributed by atoms with Crippen LogP contribution >= 0.6 is 0 Å². The van der Waals surface area contributed by atoms with Crippen molar-refractivity contribution in [3.63, 3.8) is 0 Å². The van der Waals surface area contributed by atoms with Gasteiger partial charge in [0, 0.05) is 6.08 Å². The number of carbonyl (C=O) groups excluding carboxylic acids is 2. The van der Waals surface area contributed by atoms with Crippen LogP contribution in [-0.4, -0.2) is 26.2 Å². The largest absolute Gasteiger partial charge is 0.497 e. The summed E-state index contributed by atoms with van der Waals surface area (Å²) in [7, 11) is 2.91. The highest BCUT2D eigenvalue weighted by Gasteiger charge is 2.05. The molecule has 0 saturated carbocycles. The second-order valence-electron chi connectivity index (χ2n) is 4.91. The van der Waals surface area contributed by atoms with Crippen molar-refractivity contribution in [3.8, 4) is 5.75 Å². The minimum Gasteiger partial charge on any atom is -0.497 e. The van der Waals surface area contributed by atoms with Gasteiger partial charge in [-0.15, -0.1) is 0 Å². The summed E-state index contributed by atoms with van der Waals surface area (Å²) in [6, 6.07) is 14.0. The van der Waals surface area contributed by atoms with Gasteiger partial charge in [0.05, 0.1) is 19.8 Å². The van der Waals surface area contributed by atoms with Crippen LogP contribution in [0.4, 0.5) is 0 Å². The van der Waals surface area contributed by atoms with E-state index in [9.17, 15) is 9.59 Å². The molecular weight excluding hydrogens is 308 g/mol. The Kier molecular flexibility index (Phi) is 6.14. The Bertz CT molecular complexity index is 732. The maximum Gasteiger partial charge on any atom is 0.337 e. The van der Waals surface area contributed by atoms with Gasteiger partial charge in [-0.1, -0.05) is 24.3 Å². The van der Waals surface area contributed by atoms with E-state index in [0.29, 0.717) is 5.56 Å². The van der Waals surface area contributed by atoms with Crippen LogP contribution in [0.3, 0.4) is 0 Å². The Hall–Kier alpha value is -3.08. The first-order valence-corrected chi connectivity index (χ1v) is 7.28. The molecule has 124 valence electrons. The fourth-order valence-corrected chi connectivity index (χ4v) is 1.97. The molecule has 2 rings (SSSR count). The second kappa shape index (κ2) is 8.53. The van der Waals surface area contributed by atoms with Gasteiger partial charge < -0.3 is 14.2 Å². The third-order valence-corrected chi connectivity index (χ3v) is 3.26. The van der Waals surface area contributed by atoms with E-state index >= 15 is 0 Å². The lowest BCUT2D eigenvalue weighted by molar-refractivity contribution is -0.138. The molecule has 5 nitrogen and oxygen atoms in total. The Morgan fingerprint density at radius 1 is 1.04 bits per heavy atom. The van der Waals surface area contributed by atoms with Crippen LogP contribution in [0.25, 0.3) is 6.08 Å². The highest BCUT2D eigenvalue weighted by Crippen LogP contribution is 2.14. The number of carbonyl (C=O) groups is 2. The van der Waals surface area contributed by atoms with Crippen LogP contribution in [0.15, 0.2) is 54.6 Å². The lowest BCUT2D eigenvalue weighted by Gasteiger charge is -2.04. The summed E-state index contributed by atoms with van der Waals surface area (Å²) < 4.78 is 14.9. The minimum atomic E-state index is -0.449. The van der Waals surface area contributed by atoms with E-state index in [1.807, 2.05) is 24.3 Å². The molecule has 0 N–H and O–H groups in total. The van der Waals surface area contributed by atoms with Gasteiger partial charge in [0.15, 0.2) is 0 Å². The Morgan fingerprint density at radius 2 is 1.79 bits per heavy atom. The van der Waals surface area contributed by atoms with Gasteiger partial charge in [-0.05, 0) is 41.5 Å². The highest BCUT2D eigenvalue weighted by molar-refractivity contribution is 5.89. The molecule has 0 aromatic heterocycles. The van der Waals surface area contributed by atoms with Crippen molar-refractivity contribution in [1.82, 2.24) is 0 Å². The number of ether oxygens (including phenoxy) is 3. The molecule has 0 aliphatic carbocycles. The summed E-state index contributed by atoms with van der Waals surface area (Å²) in [6.07, 6.45) is 3.02. The van der Waals surface area contributed by atoms with E-state index < -0.39 is 11.9 Å². The summed E-state index contributed by atoms with van der Waals surface area (Å²) >= 11 is 0. The second-order valence-corrected chi connectivity index (χ2v) is 4.91. The summed E-state index contributed by atoms with van der Waals surface area (Å²) in [5.74, 6) is -0.133. The van der Waals surface area contributed by atoms with E-state index in [1.165, 1.54) is 13.2 Å². The molecule has 0 heterocycles. The minimum absolute atomic E-state index is 0.128. The van der Waals surface area contributed by atoms with Gasteiger partial charge in [0.1, 0.15) is 12.4 Å². The molecule has 0 atom stereocenters. The monoisotopic (exact) mass is 326 g/mol. The van der Waals surface area contributed by atoms with Crippen molar-refractivity contribution in [2.45, 2.75) is 6.61 Å². The van der Waals surface area contributed by atoms with E-state index in [4.69, 9.17) is 9.47 Å². The summed E-state index contributed by atoms with van der Waals surface area (Å²) in [5.41, 5.74) is 2.07. The van der Waals surface area contributed by atoms with Gasteiger partial charge in [-0.2, -0.15) is 0 Å². The van der Waals surface area contributed by atoms with Crippen LogP contribution < -0.4 is 4.74 Å². The number of hydrogen-bond donors (Lipinski definition) is 0. The predicted octanol–water partition coefficient (Wildman–Crippen LogP) is 3.24. The smallest absolute Gasteiger partial charge is 0.337 e. The molecule has 5 heteroatoms. The predicted molar refractivity (Wildman–Crippen MR) is 89.6 cm³/mol. The van der Waals surface area contributed by atoms with Gasteiger partial charge in [-0.25, -0.2) is 9.59 Å². The van der Waals surface area contributed by atoms with Crippen LogP contribution in [-0.2, 0) is 20.9 Å². The fraction of sp³-hybridized carbons (Fsp3) is 0.158. The summed E-state index contributed by atoms with van der Waals surface area (Å²) in [5, 5.41) is 0. The van der Waals surface area contributed by atoms with Crippen molar-refractivity contribution < 1.29 is 23.8 Å². The molecule has 24 heavy (non-hydrogen) atoms. The third kappa shape index (κ3) is 4.98. The molecule has 0 aliphatic heterocycles. The Labute approximate surface area is 140 Å². The maximum atomic E-state index is 11.8. The molecule has 0 unspecified atom stereocenters. The molecule has 0 spiro atoms. The first kappa shape index (κ1) is 17.3. The van der Waals surface area contributed by atoms with E-state index in [0.717, 1.165) is 16.9 Å². The normalized spacial score (nSPS) is 10.4. The Morgan fingerprint density at radius 3 is 2.46 bits per heavy atom. The van der Waals surface area contributed by atoms with Gasteiger partial charge >= 0.3 is 11.9 Å². The molecule has 0 bridgehead atoms. The maximum absolute atomic E-state index is 11.8. The van der Waals surface area contributed by atoms with Crippen LogP contribution in [0, 0.1) is 0 Å². The lowest BCUT2D eigenvalue weighted by Crippen LogP contribution is -2.03. The quantitative estimate of drug-likeness (QED) is 0.602. The van der Waals surface area contributed by atoms with Crippen molar-refractivity contribution in [3.05, 3.63) is 71.3 Å². The number of esters is 2. The number of rotatable bonds is 6. The van der Waals surface area contributed by atoms with Crippen molar-refractivity contribution in [1.29, 1.82) is 0 Å². The molecule has 0 aliphatic rings. The molecule has 0 saturated heterocycles. The Balaban J connectivity index is 1.88. The first-order chi connectivity index (χ1) is 11.6. The van der Waals surface area contributed by atoms with E-state index in [2.05, 4.69) is 4.74 Å². The van der Waals surface area contributed by atoms with E-state index in [1.54, 1.807) is 37.5 Å². The van der Waals surface area contributed by atoms with Crippen molar-refractivity contribution in [2.75, 3.05) is 14.2 Å². The lowest BCUT2D eigenvalue weighted by atomic mass is 10.1. The molecule has 2 aromatic carbocycles. The third-order valence-electron chi connectivity index (χ3n) is 3.26. The summed E-state index contributed by atoms with van der Waals surface area (Å²) in [4.78, 5) is 23.1. The van der Waals surface area contributed by atoms with Gasteiger partial charge in [0.25, 0.3) is 0 Å². The molecular formula is C19H18O5. The average molecular weight is 326 g/mol. The highest BCUT2D eigenvalue weighted by atomic mass is 16.5. The van der Waals surface area contributed by atoms with Crippen LogP contribution in [0.5, 0.6) is 5.75 Å². The molecule has 0 amide bonds. The fourth-order valence-electron chi connectivity index (χ4n) is 1.97. The van der Waals surface area contributed by atoms with Crippen molar-refractivity contribution >= 4 is 18.0 Å². The average Bonchev–Trinajstić information content (AvgIpc) is 2.64. The first-order valence-electron chi connectivity index (χ1n) is 7.28. The number of benzene rings is 2. The van der Waals surface area contributed by atoms with Gasteiger partial charge in [0.2, 0.25) is 0 Å². The standard InChI is InChI=1S/C19H18O5/c1-22-17-5-3-4-14(12-17)8-11-18(20)24-13-15-6-9-16(10-7-15)19(21)23-2/h3-12H,13H2,1-2H3/b11-8+. The van der Waals surface area contributed by atoms with E-state index in [-0.39, 0.29) is 6.61 Å². The molecule has 2 aromatic rings. The van der Waals surface area contributed by atoms with Crippen molar-refractivity contribution in [2.24, 2.45) is 0 Å². The zero-order valence-corrected chi connectivity index (χ0v) is 13.5. The topological polar surface area (TPSA) is 61.8 Å². The number of hydrogen-bond acceptors (Lipinski definition) is 5. The zero-order valence-electron chi connectivity index (χ0n) is 13.5. The summed E-state index contributed by atoms with van der Waals surface area (Å²) in [6.45, 7) is 0.128. The van der Waals surface area contributed by atoms with Gasteiger partial charge in [-0.3, -0.25) is 0 Å². The zero-order chi connectivity index (χ0) is 17.4. The number of methoxy groups -OCH3 is 2. The molecule has 0 radical (unpaired) electrons. The van der Waals surface area contributed by atoms with Crippen LogP contribution in [0.1, 0.15) is 21.5 Å².